The monoisotopic (exact) mass is 512 g/mol. The average molecular weight is 513 g/mol. The number of imide groups is 1. The number of aromatic nitrogens is 2. The normalized spacial score (nSPS) is 26.2. The van der Waals surface area contributed by atoms with Crippen molar-refractivity contribution >= 4 is 23.4 Å². The molecule has 1 aromatic heterocycles. The van der Waals surface area contributed by atoms with E-state index in [9.17, 15) is 23.2 Å². The van der Waals surface area contributed by atoms with Crippen molar-refractivity contribution in [2.75, 3.05) is 11.4 Å². The van der Waals surface area contributed by atoms with Gasteiger partial charge in [0.05, 0.1) is 5.92 Å². The van der Waals surface area contributed by atoms with Crippen LogP contribution in [-0.4, -0.2) is 34.5 Å². The molecule has 4 aliphatic rings. The van der Waals surface area contributed by atoms with Gasteiger partial charge in [-0.15, -0.1) is 10.2 Å². The molecule has 4 fully saturated rings. The van der Waals surface area contributed by atoms with Gasteiger partial charge in [-0.05, 0) is 62.0 Å². The van der Waals surface area contributed by atoms with Gasteiger partial charge in [0.1, 0.15) is 11.6 Å². The van der Waals surface area contributed by atoms with Crippen molar-refractivity contribution in [3.05, 3.63) is 41.1 Å². The molecule has 3 unspecified atom stereocenters. The third-order valence-corrected chi connectivity index (χ3v) is 8.86. The predicted molar refractivity (Wildman–Crippen MR) is 128 cm³/mol. The number of carbonyl (C=O) groups excluding carboxylic acids is 3. The van der Waals surface area contributed by atoms with Crippen LogP contribution in [0.15, 0.2) is 16.5 Å². The molecule has 3 atom stereocenters. The van der Waals surface area contributed by atoms with Gasteiger partial charge in [0.25, 0.3) is 0 Å². The number of nitrogens with one attached hydrogen (secondary N) is 1. The van der Waals surface area contributed by atoms with Gasteiger partial charge >= 0.3 is 0 Å². The first-order chi connectivity index (χ1) is 17.7. The van der Waals surface area contributed by atoms with Crippen LogP contribution in [0.1, 0.15) is 99.8 Å². The number of benzene rings is 1. The van der Waals surface area contributed by atoms with Gasteiger partial charge in [-0.3, -0.25) is 19.7 Å². The first kappa shape index (κ1) is 24.2. The Hall–Kier alpha value is -3.17. The van der Waals surface area contributed by atoms with Crippen molar-refractivity contribution in [1.82, 2.24) is 15.5 Å². The molecule has 2 aliphatic heterocycles. The van der Waals surface area contributed by atoms with E-state index in [-0.39, 0.29) is 48.3 Å². The fourth-order valence-electron chi connectivity index (χ4n) is 6.67. The SMILES string of the molecule is CC(CC1CC(=O)N(c2cc(F)c(C3CCC(=O)NC3=O)c(F)c2)C1)c1nnc(C2CC3(CCC3)C2)o1. The van der Waals surface area contributed by atoms with E-state index in [1.165, 1.54) is 24.2 Å². The molecule has 6 rings (SSSR count). The minimum Gasteiger partial charge on any atom is -0.425 e. The first-order valence-electron chi connectivity index (χ1n) is 13.2. The molecular weight excluding hydrogens is 482 g/mol. The maximum absolute atomic E-state index is 15.0. The second-order valence-corrected chi connectivity index (χ2v) is 11.5. The highest BCUT2D eigenvalue weighted by atomic mass is 19.1. The minimum atomic E-state index is -1.08. The van der Waals surface area contributed by atoms with E-state index in [2.05, 4.69) is 15.5 Å². The molecule has 10 heteroatoms. The summed E-state index contributed by atoms with van der Waals surface area (Å²) in [6.07, 6.45) is 7.14. The van der Waals surface area contributed by atoms with Crippen LogP contribution in [-0.2, 0) is 14.4 Å². The fourth-order valence-corrected chi connectivity index (χ4v) is 6.67. The van der Waals surface area contributed by atoms with Gasteiger partial charge in [-0.25, -0.2) is 8.78 Å². The summed E-state index contributed by atoms with van der Waals surface area (Å²) in [6.45, 7) is 2.32. The highest BCUT2D eigenvalue weighted by Crippen LogP contribution is 2.61. The third-order valence-electron chi connectivity index (χ3n) is 8.86. The Kier molecular flexibility index (Phi) is 5.88. The van der Waals surface area contributed by atoms with E-state index >= 15 is 0 Å². The Labute approximate surface area is 213 Å². The summed E-state index contributed by atoms with van der Waals surface area (Å²) in [7, 11) is 0. The largest absolute Gasteiger partial charge is 0.425 e. The van der Waals surface area contributed by atoms with E-state index in [0.717, 1.165) is 25.0 Å². The highest BCUT2D eigenvalue weighted by molar-refractivity contribution is 6.01. The lowest BCUT2D eigenvalue weighted by Crippen LogP contribution is -2.41. The lowest BCUT2D eigenvalue weighted by molar-refractivity contribution is -0.134. The van der Waals surface area contributed by atoms with Crippen molar-refractivity contribution in [2.45, 2.75) is 82.5 Å². The summed E-state index contributed by atoms with van der Waals surface area (Å²) in [6, 6.07) is 2.20. The van der Waals surface area contributed by atoms with Gasteiger partial charge in [-0.1, -0.05) is 13.3 Å². The third kappa shape index (κ3) is 4.34. The Morgan fingerprint density at radius 3 is 2.54 bits per heavy atom. The summed E-state index contributed by atoms with van der Waals surface area (Å²) in [5, 5.41) is 10.7. The fraction of sp³-hybridized carbons (Fsp3) is 0.593. The lowest BCUT2D eigenvalue weighted by Gasteiger charge is -2.53. The van der Waals surface area contributed by atoms with Crippen LogP contribution in [0.5, 0.6) is 0 Å². The second-order valence-electron chi connectivity index (χ2n) is 11.5. The summed E-state index contributed by atoms with van der Waals surface area (Å²) in [4.78, 5) is 37.7. The van der Waals surface area contributed by atoms with E-state index in [4.69, 9.17) is 4.42 Å². The molecule has 2 aromatic rings. The molecule has 2 saturated heterocycles. The zero-order valence-corrected chi connectivity index (χ0v) is 20.8. The Bertz CT molecular complexity index is 1240. The molecule has 2 aliphatic carbocycles. The standard InChI is InChI=1S/C27H30F2N4O4/c1-14(25-31-32-26(37-25)16-11-27(12-16)5-2-6-27)7-15-8-22(35)33(13-15)17-9-19(28)23(20(29)10-17)18-3-4-21(34)30-24(18)36/h9-10,14-16,18H,2-8,11-13H2,1H3,(H,30,34,36). The number of piperidine rings is 1. The van der Waals surface area contributed by atoms with Crippen LogP contribution in [0.3, 0.4) is 0 Å². The summed E-state index contributed by atoms with van der Waals surface area (Å²) >= 11 is 0. The van der Waals surface area contributed by atoms with Gasteiger partial charge in [0.2, 0.25) is 29.5 Å². The molecule has 0 radical (unpaired) electrons. The number of hydrogen-bond donors (Lipinski definition) is 1. The molecule has 1 aromatic carbocycles. The molecule has 3 amide bonds. The number of carbonyl (C=O) groups is 3. The maximum atomic E-state index is 15.0. The zero-order chi connectivity index (χ0) is 25.9. The molecule has 37 heavy (non-hydrogen) atoms. The molecule has 0 bridgehead atoms. The Balaban J connectivity index is 1.10. The van der Waals surface area contributed by atoms with Crippen molar-refractivity contribution in [3.8, 4) is 0 Å². The van der Waals surface area contributed by atoms with Crippen LogP contribution in [0.2, 0.25) is 0 Å². The Morgan fingerprint density at radius 2 is 1.89 bits per heavy atom. The summed E-state index contributed by atoms with van der Waals surface area (Å²) < 4.78 is 36.0. The van der Waals surface area contributed by atoms with Crippen LogP contribution < -0.4 is 10.2 Å². The van der Waals surface area contributed by atoms with Gasteiger partial charge in [0.15, 0.2) is 0 Å². The van der Waals surface area contributed by atoms with Crippen LogP contribution in [0.4, 0.5) is 14.5 Å². The number of halogens is 2. The van der Waals surface area contributed by atoms with Gasteiger partial charge < -0.3 is 9.32 Å². The molecule has 3 heterocycles. The van der Waals surface area contributed by atoms with Crippen LogP contribution >= 0.6 is 0 Å². The molecule has 1 spiro atoms. The minimum absolute atomic E-state index is 0.0183. The smallest absolute Gasteiger partial charge is 0.234 e. The number of rotatable bonds is 6. The van der Waals surface area contributed by atoms with E-state index in [1.54, 1.807) is 0 Å². The molecular formula is C27H30F2N4O4. The predicted octanol–water partition coefficient (Wildman–Crippen LogP) is 4.46. The van der Waals surface area contributed by atoms with Crippen molar-refractivity contribution in [1.29, 1.82) is 0 Å². The number of hydrogen-bond acceptors (Lipinski definition) is 6. The van der Waals surface area contributed by atoms with Gasteiger partial charge in [-0.2, -0.15) is 0 Å². The lowest BCUT2D eigenvalue weighted by atomic mass is 9.52. The Morgan fingerprint density at radius 1 is 1.16 bits per heavy atom. The highest BCUT2D eigenvalue weighted by Gasteiger charge is 2.50. The second kappa shape index (κ2) is 8.99. The zero-order valence-electron chi connectivity index (χ0n) is 20.8. The van der Waals surface area contributed by atoms with Gasteiger partial charge in [0, 0.05) is 42.5 Å². The maximum Gasteiger partial charge on any atom is 0.234 e. The summed E-state index contributed by atoms with van der Waals surface area (Å²) in [5.41, 5.74) is 0.283. The average Bonchev–Trinajstić information content (AvgIpc) is 3.40. The number of amides is 3. The van der Waals surface area contributed by atoms with E-state index in [1.807, 2.05) is 6.92 Å². The number of nitrogens with zero attached hydrogens (tertiary/aromatic N) is 3. The van der Waals surface area contributed by atoms with Crippen LogP contribution in [0.25, 0.3) is 0 Å². The molecule has 1 N–H and O–H groups in total. The quantitative estimate of drug-likeness (QED) is 0.573. The molecule has 2 saturated carbocycles. The van der Waals surface area contributed by atoms with Crippen molar-refractivity contribution in [3.63, 3.8) is 0 Å². The van der Waals surface area contributed by atoms with E-state index < -0.39 is 29.4 Å². The van der Waals surface area contributed by atoms with E-state index in [0.29, 0.717) is 36.1 Å². The first-order valence-corrected chi connectivity index (χ1v) is 13.2. The molecule has 8 nitrogen and oxygen atoms in total. The number of anilines is 1. The van der Waals surface area contributed by atoms with Crippen LogP contribution in [0, 0.1) is 23.0 Å². The van der Waals surface area contributed by atoms with Crippen molar-refractivity contribution < 1.29 is 27.6 Å². The topological polar surface area (TPSA) is 105 Å². The summed E-state index contributed by atoms with van der Waals surface area (Å²) in [5.74, 6) is -2.68. The molecule has 196 valence electrons. The van der Waals surface area contributed by atoms with Crippen molar-refractivity contribution in [2.24, 2.45) is 11.3 Å².